The molecular weight excluding hydrogens is 446 g/mol. The van der Waals surface area contributed by atoms with Gasteiger partial charge in [0, 0.05) is 38.4 Å². The van der Waals surface area contributed by atoms with E-state index in [0.717, 1.165) is 18.9 Å². The zero-order valence-corrected chi connectivity index (χ0v) is 19.5. The summed E-state index contributed by atoms with van der Waals surface area (Å²) in [4.78, 5) is 39.5. The second-order valence-electron chi connectivity index (χ2n) is 8.14. The summed E-state index contributed by atoms with van der Waals surface area (Å²) < 4.78 is 11.9. The van der Waals surface area contributed by atoms with Gasteiger partial charge in [-0.15, -0.1) is 0 Å². The van der Waals surface area contributed by atoms with Gasteiger partial charge in [-0.3, -0.25) is 4.79 Å². The Balaban J connectivity index is 1.61. The molecule has 1 aliphatic heterocycles. The van der Waals surface area contributed by atoms with Crippen LogP contribution in [0.2, 0.25) is 0 Å². The highest BCUT2D eigenvalue weighted by Gasteiger charge is 2.24. The molecule has 2 aromatic heterocycles. The van der Waals surface area contributed by atoms with Crippen LogP contribution in [0.3, 0.4) is 0 Å². The Kier molecular flexibility index (Phi) is 6.05. The quantitative estimate of drug-likeness (QED) is 0.411. The van der Waals surface area contributed by atoms with Crippen LogP contribution in [0.5, 0.6) is 5.75 Å². The minimum atomic E-state index is -0.476. The lowest BCUT2D eigenvalue weighted by atomic mass is 10.1. The number of nitrogens with zero attached hydrogens (tertiary/aromatic N) is 5. The van der Waals surface area contributed by atoms with E-state index in [1.54, 1.807) is 36.1 Å². The van der Waals surface area contributed by atoms with Gasteiger partial charge in [-0.25, -0.2) is 19.3 Å². The van der Waals surface area contributed by atoms with Crippen LogP contribution in [-0.2, 0) is 4.74 Å². The van der Waals surface area contributed by atoms with Gasteiger partial charge in [0.1, 0.15) is 11.6 Å². The molecule has 1 aliphatic rings. The molecule has 0 amide bonds. The average Bonchev–Trinajstić information content (AvgIpc) is 2.92. The van der Waals surface area contributed by atoms with Crippen molar-refractivity contribution < 1.29 is 14.3 Å². The summed E-state index contributed by atoms with van der Waals surface area (Å²) in [7, 11) is 2.92. The van der Waals surface area contributed by atoms with E-state index < -0.39 is 5.97 Å². The first-order valence-electron chi connectivity index (χ1n) is 11.3. The number of fused-ring (bicyclic) bond motifs is 1. The first-order chi connectivity index (χ1) is 17.1. The molecule has 5 rings (SSSR count). The van der Waals surface area contributed by atoms with E-state index in [2.05, 4.69) is 14.8 Å². The Morgan fingerprint density at radius 3 is 2.43 bits per heavy atom. The van der Waals surface area contributed by atoms with Gasteiger partial charge in [0.25, 0.3) is 5.56 Å². The summed E-state index contributed by atoms with van der Waals surface area (Å²) in [5.41, 5.74) is 1.22. The maximum absolute atomic E-state index is 13.7. The first-order valence-corrected chi connectivity index (χ1v) is 11.3. The molecule has 0 spiro atoms. The third-order valence-corrected chi connectivity index (χ3v) is 6.12. The van der Waals surface area contributed by atoms with Gasteiger partial charge in [0.15, 0.2) is 0 Å². The third kappa shape index (κ3) is 4.28. The minimum Gasteiger partial charge on any atom is -0.497 e. The fraction of sp³-hybridized carbons (Fsp3) is 0.231. The maximum Gasteiger partial charge on any atom is 0.337 e. The molecule has 2 aromatic carbocycles. The van der Waals surface area contributed by atoms with Gasteiger partial charge in [-0.05, 0) is 42.5 Å². The van der Waals surface area contributed by atoms with Crippen molar-refractivity contribution in [2.45, 2.75) is 0 Å². The molecule has 178 valence electrons. The smallest absolute Gasteiger partial charge is 0.337 e. The van der Waals surface area contributed by atoms with Gasteiger partial charge in [0.05, 0.1) is 36.4 Å². The largest absolute Gasteiger partial charge is 0.497 e. The molecule has 0 radical (unpaired) electrons. The molecular formula is C26H25N5O4. The predicted molar refractivity (Wildman–Crippen MR) is 134 cm³/mol. The normalized spacial score (nSPS) is 13.7. The number of pyridine rings is 1. The van der Waals surface area contributed by atoms with E-state index in [1.165, 1.54) is 7.11 Å². The van der Waals surface area contributed by atoms with Crippen LogP contribution in [0.1, 0.15) is 10.4 Å². The number of ether oxygens (including phenoxy) is 2. The number of carbonyl (C=O) groups is 1. The number of rotatable bonds is 5. The third-order valence-electron chi connectivity index (χ3n) is 6.12. The second kappa shape index (κ2) is 9.46. The second-order valence-corrected chi connectivity index (χ2v) is 8.14. The molecule has 9 heteroatoms. The fourth-order valence-electron chi connectivity index (χ4n) is 4.29. The molecule has 0 N–H and O–H groups in total. The van der Waals surface area contributed by atoms with Crippen LogP contribution < -0.4 is 20.1 Å². The number of hydrogen-bond donors (Lipinski definition) is 0. The first kappa shape index (κ1) is 22.4. The Morgan fingerprint density at radius 1 is 0.914 bits per heavy atom. The molecule has 4 aromatic rings. The van der Waals surface area contributed by atoms with E-state index in [-0.39, 0.29) is 5.56 Å². The number of aromatic nitrogens is 3. The van der Waals surface area contributed by atoms with Gasteiger partial charge < -0.3 is 19.3 Å². The Labute approximate surface area is 202 Å². The van der Waals surface area contributed by atoms with E-state index in [1.807, 2.05) is 42.5 Å². The molecule has 0 atom stereocenters. The molecule has 9 nitrogen and oxygen atoms in total. The number of esters is 1. The fourth-order valence-corrected chi connectivity index (χ4v) is 4.29. The number of anilines is 2. The van der Waals surface area contributed by atoms with Crippen LogP contribution >= 0.6 is 0 Å². The van der Waals surface area contributed by atoms with Crippen molar-refractivity contribution in [2.24, 2.45) is 0 Å². The topological polar surface area (TPSA) is 89.8 Å². The van der Waals surface area contributed by atoms with Crippen LogP contribution in [0.25, 0.3) is 16.6 Å². The summed E-state index contributed by atoms with van der Waals surface area (Å²) in [6, 6.07) is 18.0. The van der Waals surface area contributed by atoms with Crippen molar-refractivity contribution in [3.63, 3.8) is 0 Å². The molecule has 0 unspecified atom stereocenters. The highest BCUT2D eigenvalue weighted by molar-refractivity contribution is 5.94. The Morgan fingerprint density at radius 2 is 1.71 bits per heavy atom. The van der Waals surface area contributed by atoms with Crippen molar-refractivity contribution in [1.82, 2.24) is 14.5 Å². The van der Waals surface area contributed by atoms with Gasteiger partial charge >= 0.3 is 5.97 Å². The van der Waals surface area contributed by atoms with Crippen molar-refractivity contribution in [3.8, 4) is 11.4 Å². The lowest BCUT2D eigenvalue weighted by Crippen LogP contribution is -2.48. The molecule has 0 bridgehead atoms. The number of methoxy groups -OCH3 is 2. The maximum atomic E-state index is 13.7. The predicted octanol–water partition coefficient (Wildman–Crippen LogP) is 2.90. The van der Waals surface area contributed by atoms with Crippen molar-refractivity contribution in [1.29, 1.82) is 0 Å². The number of piperazine rings is 1. The van der Waals surface area contributed by atoms with Gasteiger partial charge in [-0.1, -0.05) is 12.1 Å². The van der Waals surface area contributed by atoms with Crippen LogP contribution in [-0.4, -0.2) is 60.9 Å². The van der Waals surface area contributed by atoms with Crippen LogP contribution in [0.15, 0.2) is 71.7 Å². The molecule has 0 saturated carbocycles. The molecule has 35 heavy (non-hydrogen) atoms. The highest BCUT2D eigenvalue weighted by Crippen LogP contribution is 2.25. The lowest BCUT2D eigenvalue weighted by Gasteiger charge is -2.36. The van der Waals surface area contributed by atoms with Gasteiger partial charge in [0.2, 0.25) is 5.95 Å². The van der Waals surface area contributed by atoms with E-state index >= 15 is 0 Å². The van der Waals surface area contributed by atoms with Crippen molar-refractivity contribution >= 4 is 28.6 Å². The Hall–Kier alpha value is -4.40. The lowest BCUT2D eigenvalue weighted by molar-refractivity contribution is 0.0601. The molecule has 3 heterocycles. The number of benzene rings is 2. The molecule has 0 aliphatic carbocycles. The standard InChI is InChI=1S/C26H25N5O4/c1-34-20-7-5-6-19(17-20)31-24(32)21-10-9-18(25(33)35-2)16-22(21)28-26(31)30-14-12-29(13-15-30)23-8-3-4-11-27-23/h3-11,16-17H,12-15H2,1-2H3. The monoisotopic (exact) mass is 471 g/mol. The van der Waals surface area contributed by atoms with Crippen molar-refractivity contribution in [3.05, 3.63) is 82.8 Å². The van der Waals surface area contributed by atoms with Crippen LogP contribution in [0.4, 0.5) is 11.8 Å². The molecule has 1 fully saturated rings. The van der Waals surface area contributed by atoms with E-state index in [4.69, 9.17) is 14.5 Å². The summed E-state index contributed by atoms with van der Waals surface area (Å²) in [5, 5.41) is 0.413. The summed E-state index contributed by atoms with van der Waals surface area (Å²) >= 11 is 0. The Bertz CT molecular complexity index is 1430. The summed E-state index contributed by atoms with van der Waals surface area (Å²) in [5.74, 6) is 1.60. The average molecular weight is 472 g/mol. The highest BCUT2D eigenvalue weighted by atomic mass is 16.5. The number of hydrogen-bond acceptors (Lipinski definition) is 8. The van der Waals surface area contributed by atoms with Crippen LogP contribution in [0, 0.1) is 0 Å². The zero-order valence-electron chi connectivity index (χ0n) is 19.5. The minimum absolute atomic E-state index is 0.221. The summed E-state index contributed by atoms with van der Waals surface area (Å²) in [6.07, 6.45) is 1.78. The zero-order chi connectivity index (χ0) is 24.4. The van der Waals surface area contributed by atoms with Gasteiger partial charge in [-0.2, -0.15) is 0 Å². The summed E-state index contributed by atoms with van der Waals surface area (Å²) in [6.45, 7) is 2.75. The SMILES string of the molecule is COC(=O)c1ccc2c(=O)n(-c3cccc(OC)c3)c(N3CCN(c4ccccn4)CC3)nc2c1. The van der Waals surface area contributed by atoms with E-state index in [0.29, 0.717) is 46.9 Å². The number of carbonyl (C=O) groups excluding carboxylic acids is 1. The van der Waals surface area contributed by atoms with Crippen molar-refractivity contribution in [2.75, 3.05) is 50.2 Å². The van der Waals surface area contributed by atoms with E-state index in [9.17, 15) is 9.59 Å². The molecule has 1 saturated heterocycles.